The average molecular weight is 342 g/mol. The lowest BCUT2D eigenvalue weighted by Gasteiger charge is -2.43. The summed E-state index contributed by atoms with van der Waals surface area (Å²) in [4.78, 5) is 19.7. The number of amides is 2. The van der Waals surface area contributed by atoms with Crippen molar-refractivity contribution in [3.8, 4) is 0 Å². The van der Waals surface area contributed by atoms with Gasteiger partial charge in [-0.2, -0.15) is 0 Å². The summed E-state index contributed by atoms with van der Waals surface area (Å²) in [5.41, 5.74) is 2.31. The van der Waals surface area contributed by atoms with Crippen molar-refractivity contribution in [3.05, 3.63) is 24.3 Å². The van der Waals surface area contributed by atoms with Gasteiger partial charge in [-0.05, 0) is 45.0 Å². The van der Waals surface area contributed by atoms with E-state index in [4.69, 9.17) is 0 Å². The molecular weight excluding hydrogens is 312 g/mol. The summed E-state index contributed by atoms with van der Waals surface area (Å²) in [5, 5.41) is 3.24. The lowest BCUT2D eigenvalue weighted by atomic mass is 9.93. The molecule has 0 unspecified atom stereocenters. The maximum Gasteiger partial charge on any atom is 0.322 e. The number of para-hydroxylation sites is 2. The maximum atomic E-state index is 12.9. The van der Waals surface area contributed by atoms with Gasteiger partial charge in [0, 0.05) is 31.7 Å². The number of likely N-dealkylation sites (tertiary alicyclic amines) is 1. The second-order valence-corrected chi connectivity index (χ2v) is 7.82. The summed E-state index contributed by atoms with van der Waals surface area (Å²) < 4.78 is 0. The van der Waals surface area contributed by atoms with Gasteiger partial charge in [0.2, 0.25) is 0 Å². The molecule has 4 rings (SSSR count). The minimum Gasteiger partial charge on any atom is -0.365 e. The molecular formula is C20H30N4O. The summed E-state index contributed by atoms with van der Waals surface area (Å²) in [7, 11) is 2.12. The Morgan fingerprint density at radius 2 is 1.76 bits per heavy atom. The van der Waals surface area contributed by atoms with E-state index in [0.29, 0.717) is 6.04 Å². The highest BCUT2D eigenvalue weighted by molar-refractivity contribution is 5.97. The number of nitrogens with one attached hydrogen (secondary N) is 1. The molecule has 5 nitrogen and oxygen atoms in total. The third-order valence-corrected chi connectivity index (χ3v) is 6.03. The molecule has 3 aliphatic rings. The van der Waals surface area contributed by atoms with E-state index in [-0.39, 0.29) is 12.1 Å². The first-order valence-corrected chi connectivity index (χ1v) is 9.84. The average Bonchev–Trinajstić information content (AvgIpc) is 3.06. The van der Waals surface area contributed by atoms with E-state index in [0.717, 1.165) is 38.3 Å². The second kappa shape index (κ2) is 7.24. The Hall–Kier alpha value is -1.75. The first-order chi connectivity index (χ1) is 12.2. The quantitative estimate of drug-likeness (QED) is 0.898. The molecule has 25 heavy (non-hydrogen) atoms. The van der Waals surface area contributed by atoms with Crippen LogP contribution in [0.1, 0.15) is 38.5 Å². The van der Waals surface area contributed by atoms with Crippen molar-refractivity contribution < 1.29 is 4.79 Å². The van der Waals surface area contributed by atoms with Crippen molar-refractivity contribution in [2.75, 3.05) is 43.0 Å². The van der Waals surface area contributed by atoms with Crippen LogP contribution in [0.5, 0.6) is 0 Å². The third-order valence-electron chi connectivity index (χ3n) is 6.03. The van der Waals surface area contributed by atoms with Crippen molar-refractivity contribution in [2.45, 2.75) is 50.6 Å². The van der Waals surface area contributed by atoms with E-state index >= 15 is 0 Å². The molecule has 2 fully saturated rings. The van der Waals surface area contributed by atoms with Crippen molar-refractivity contribution in [2.24, 2.45) is 0 Å². The van der Waals surface area contributed by atoms with Gasteiger partial charge >= 0.3 is 6.03 Å². The highest BCUT2D eigenvalue weighted by Crippen LogP contribution is 2.37. The molecule has 1 aromatic rings. The minimum absolute atomic E-state index is 0.0658. The number of benzene rings is 1. The highest BCUT2D eigenvalue weighted by atomic mass is 16.2. The molecule has 0 spiro atoms. The highest BCUT2D eigenvalue weighted by Gasteiger charge is 2.32. The first kappa shape index (κ1) is 16.7. The van der Waals surface area contributed by atoms with Gasteiger partial charge in [-0.15, -0.1) is 0 Å². The van der Waals surface area contributed by atoms with Gasteiger partial charge in [0.15, 0.2) is 0 Å². The van der Waals surface area contributed by atoms with E-state index in [9.17, 15) is 4.79 Å². The topological polar surface area (TPSA) is 38.8 Å². The number of carbonyl (C=O) groups excluding carboxylic acids is 1. The summed E-state index contributed by atoms with van der Waals surface area (Å²) in [6, 6.07) is 9.42. The Morgan fingerprint density at radius 1 is 1.00 bits per heavy atom. The number of nitrogens with zero attached hydrogens (tertiary/aromatic N) is 3. The molecule has 1 aliphatic carbocycles. The Balaban J connectivity index is 1.51. The number of likely N-dealkylation sites (N-methyl/N-ethyl adjacent to an activating group) is 1. The predicted molar refractivity (Wildman–Crippen MR) is 102 cm³/mol. The molecule has 0 bridgehead atoms. The maximum absolute atomic E-state index is 12.9. The number of rotatable bonds is 2. The summed E-state index contributed by atoms with van der Waals surface area (Å²) in [5.74, 6) is 0. The lowest BCUT2D eigenvalue weighted by molar-refractivity contribution is 0.242. The van der Waals surface area contributed by atoms with Gasteiger partial charge in [0.05, 0.1) is 11.4 Å². The van der Waals surface area contributed by atoms with Crippen LogP contribution in [-0.2, 0) is 0 Å². The summed E-state index contributed by atoms with van der Waals surface area (Å²) in [6.45, 7) is 3.74. The van der Waals surface area contributed by atoms with E-state index in [1.165, 1.54) is 37.8 Å². The first-order valence-electron chi connectivity index (χ1n) is 9.84. The van der Waals surface area contributed by atoms with Gasteiger partial charge in [-0.1, -0.05) is 31.4 Å². The molecule has 0 aromatic heterocycles. The van der Waals surface area contributed by atoms with E-state index in [2.05, 4.69) is 40.4 Å². The van der Waals surface area contributed by atoms with Crippen LogP contribution < -0.4 is 15.1 Å². The zero-order chi connectivity index (χ0) is 17.2. The normalized spacial score (nSPS) is 25.1. The van der Waals surface area contributed by atoms with E-state index in [1.54, 1.807) is 0 Å². The fourth-order valence-corrected chi connectivity index (χ4v) is 4.67. The summed E-state index contributed by atoms with van der Waals surface area (Å²) in [6.07, 6.45) is 7.66. The molecule has 0 radical (unpaired) electrons. The second-order valence-electron chi connectivity index (χ2n) is 7.82. The van der Waals surface area contributed by atoms with Crippen molar-refractivity contribution >= 4 is 17.4 Å². The predicted octanol–water partition coefficient (Wildman–Crippen LogP) is 3.06. The van der Waals surface area contributed by atoms with Gasteiger partial charge < -0.3 is 15.1 Å². The van der Waals surface area contributed by atoms with E-state index in [1.807, 2.05) is 11.0 Å². The molecule has 1 N–H and O–H groups in total. The minimum atomic E-state index is 0.0658. The van der Waals surface area contributed by atoms with E-state index < -0.39 is 0 Å². The SMILES string of the molecule is CN1CC[C@@H](NC(=O)N2CCN(C3CCCCC3)c3ccccc32)C1. The Kier molecular flexibility index (Phi) is 4.84. The number of hydrogen-bond donors (Lipinski definition) is 1. The molecule has 2 amide bonds. The lowest BCUT2D eigenvalue weighted by Crippen LogP contribution is -2.53. The largest absolute Gasteiger partial charge is 0.365 e. The monoisotopic (exact) mass is 342 g/mol. The molecule has 1 saturated heterocycles. The van der Waals surface area contributed by atoms with Crippen molar-refractivity contribution in [1.82, 2.24) is 10.2 Å². The van der Waals surface area contributed by atoms with Crippen LogP contribution in [0.25, 0.3) is 0 Å². The van der Waals surface area contributed by atoms with Crippen LogP contribution >= 0.6 is 0 Å². The molecule has 136 valence electrons. The fourth-order valence-electron chi connectivity index (χ4n) is 4.67. The van der Waals surface area contributed by atoms with Crippen LogP contribution in [0.2, 0.25) is 0 Å². The van der Waals surface area contributed by atoms with Crippen LogP contribution in [0.15, 0.2) is 24.3 Å². The van der Waals surface area contributed by atoms with Gasteiger partial charge in [0.1, 0.15) is 0 Å². The van der Waals surface area contributed by atoms with Gasteiger partial charge in [0.25, 0.3) is 0 Å². The van der Waals surface area contributed by atoms with Gasteiger partial charge in [-0.3, -0.25) is 4.90 Å². The molecule has 1 atom stereocenters. The van der Waals surface area contributed by atoms with Crippen molar-refractivity contribution in [3.63, 3.8) is 0 Å². The Morgan fingerprint density at radius 3 is 2.48 bits per heavy atom. The van der Waals surface area contributed by atoms with Crippen LogP contribution in [0, 0.1) is 0 Å². The fraction of sp³-hybridized carbons (Fsp3) is 0.650. The Bertz CT molecular complexity index is 613. The third kappa shape index (κ3) is 3.47. The van der Waals surface area contributed by atoms with Crippen LogP contribution in [0.3, 0.4) is 0 Å². The number of hydrogen-bond acceptors (Lipinski definition) is 3. The van der Waals surface area contributed by atoms with Crippen LogP contribution in [0.4, 0.5) is 16.2 Å². The standard InChI is InChI=1S/C20H30N4O/c1-22-12-11-16(15-22)21-20(25)24-14-13-23(17-7-3-2-4-8-17)18-9-5-6-10-19(18)24/h5-6,9-10,16-17H,2-4,7-8,11-15H2,1H3,(H,21,25)/t16-/m1/s1. The Labute approximate surface area is 151 Å². The number of carbonyl (C=O) groups is 1. The summed E-state index contributed by atoms with van der Waals surface area (Å²) >= 11 is 0. The van der Waals surface area contributed by atoms with Gasteiger partial charge in [-0.25, -0.2) is 4.79 Å². The number of anilines is 2. The smallest absolute Gasteiger partial charge is 0.322 e. The molecule has 1 saturated carbocycles. The number of urea groups is 1. The number of fused-ring (bicyclic) bond motifs is 1. The zero-order valence-electron chi connectivity index (χ0n) is 15.3. The van der Waals surface area contributed by atoms with Crippen molar-refractivity contribution in [1.29, 1.82) is 0 Å². The molecule has 2 aliphatic heterocycles. The van der Waals surface area contributed by atoms with Crippen LogP contribution in [-0.4, -0.2) is 56.2 Å². The molecule has 1 aromatic carbocycles. The zero-order valence-corrected chi connectivity index (χ0v) is 15.3. The molecule has 5 heteroatoms. The molecule has 2 heterocycles.